The number of urea groups is 1. The van der Waals surface area contributed by atoms with E-state index in [1.165, 1.54) is 29.7 Å². The maximum absolute atomic E-state index is 13.1. The number of hydrogen-bond acceptors (Lipinski definition) is 3. The standard InChI is InChI=1S/C24H29N3O2/c28-23(25-16-20-11-10-18-6-4-5-9-21(18)26-20)27-17-24(12-14-29-15-13-24)22(27)19-7-2-1-3-8-19/h1-3,7-8,10-11,22H,4-6,9,12-17H2,(H,25,28). The lowest BCUT2D eigenvalue weighted by Gasteiger charge is -2.59. The molecule has 29 heavy (non-hydrogen) atoms. The van der Waals surface area contributed by atoms with E-state index in [-0.39, 0.29) is 17.5 Å². The molecule has 2 saturated heterocycles. The van der Waals surface area contributed by atoms with Crippen LogP contribution >= 0.6 is 0 Å². The molecule has 1 aliphatic carbocycles. The number of aryl methyl sites for hydroxylation is 2. The Morgan fingerprint density at radius 3 is 2.72 bits per heavy atom. The molecule has 2 aromatic rings. The van der Waals surface area contributed by atoms with Crippen LogP contribution in [-0.4, -0.2) is 35.7 Å². The zero-order valence-corrected chi connectivity index (χ0v) is 16.9. The summed E-state index contributed by atoms with van der Waals surface area (Å²) in [6, 6.07) is 14.8. The number of fused-ring (bicyclic) bond motifs is 1. The number of pyridine rings is 1. The van der Waals surface area contributed by atoms with Gasteiger partial charge < -0.3 is 15.0 Å². The van der Waals surface area contributed by atoms with Gasteiger partial charge in [-0.25, -0.2) is 4.79 Å². The summed E-state index contributed by atoms with van der Waals surface area (Å²) in [5, 5.41) is 3.12. The van der Waals surface area contributed by atoms with Gasteiger partial charge in [-0.3, -0.25) is 4.98 Å². The van der Waals surface area contributed by atoms with Crippen LogP contribution in [0.4, 0.5) is 4.79 Å². The molecule has 5 heteroatoms. The van der Waals surface area contributed by atoms with Crippen LogP contribution < -0.4 is 5.32 Å². The summed E-state index contributed by atoms with van der Waals surface area (Å²) >= 11 is 0. The minimum Gasteiger partial charge on any atom is -0.381 e. The molecule has 5 rings (SSSR count). The number of aromatic nitrogens is 1. The van der Waals surface area contributed by atoms with Crippen LogP contribution in [-0.2, 0) is 24.1 Å². The van der Waals surface area contributed by atoms with E-state index in [4.69, 9.17) is 9.72 Å². The second-order valence-electron chi connectivity index (χ2n) is 8.69. The van der Waals surface area contributed by atoms with Crippen molar-refractivity contribution in [1.29, 1.82) is 0 Å². The summed E-state index contributed by atoms with van der Waals surface area (Å²) < 4.78 is 5.60. The third-order valence-electron chi connectivity index (χ3n) is 6.90. The van der Waals surface area contributed by atoms with Crippen molar-refractivity contribution in [1.82, 2.24) is 15.2 Å². The normalized spacial score (nSPS) is 22.6. The van der Waals surface area contributed by atoms with Gasteiger partial charge in [0.05, 0.1) is 18.3 Å². The number of hydrogen-bond donors (Lipinski definition) is 1. The highest BCUT2D eigenvalue weighted by Gasteiger charge is 2.55. The van der Waals surface area contributed by atoms with E-state index in [0.717, 1.165) is 51.1 Å². The summed E-state index contributed by atoms with van der Waals surface area (Å²) in [6.07, 6.45) is 6.70. The first-order chi connectivity index (χ1) is 14.3. The van der Waals surface area contributed by atoms with Gasteiger partial charge in [-0.2, -0.15) is 0 Å². The molecule has 0 bridgehead atoms. The van der Waals surface area contributed by atoms with E-state index in [0.29, 0.717) is 6.54 Å². The van der Waals surface area contributed by atoms with Gasteiger partial charge in [0.1, 0.15) is 0 Å². The molecule has 1 unspecified atom stereocenters. The topological polar surface area (TPSA) is 54.5 Å². The van der Waals surface area contributed by atoms with Crippen molar-refractivity contribution in [2.75, 3.05) is 19.8 Å². The average molecular weight is 392 g/mol. The van der Waals surface area contributed by atoms with Crippen molar-refractivity contribution < 1.29 is 9.53 Å². The lowest BCUT2D eigenvalue weighted by atomic mass is 9.64. The van der Waals surface area contributed by atoms with E-state index in [2.05, 4.69) is 41.7 Å². The van der Waals surface area contributed by atoms with Gasteiger partial charge in [0.15, 0.2) is 0 Å². The molecule has 3 heterocycles. The van der Waals surface area contributed by atoms with Gasteiger partial charge in [-0.05, 0) is 55.7 Å². The molecule has 2 fully saturated rings. The third-order valence-corrected chi connectivity index (χ3v) is 6.90. The lowest BCUT2D eigenvalue weighted by Crippen LogP contribution is -2.64. The minimum absolute atomic E-state index is 0.00971. The van der Waals surface area contributed by atoms with Crippen LogP contribution in [0, 0.1) is 5.41 Å². The number of nitrogens with one attached hydrogen (secondary N) is 1. The maximum atomic E-state index is 13.1. The van der Waals surface area contributed by atoms with Crippen molar-refractivity contribution in [3.63, 3.8) is 0 Å². The highest BCUT2D eigenvalue weighted by molar-refractivity contribution is 5.76. The number of ether oxygens (including phenoxy) is 1. The molecule has 1 spiro atoms. The first kappa shape index (κ1) is 18.6. The lowest BCUT2D eigenvalue weighted by molar-refractivity contribution is -0.111. The van der Waals surface area contributed by atoms with Crippen molar-refractivity contribution in [2.24, 2.45) is 5.41 Å². The van der Waals surface area contributed by atoms with E-state index < -0.39 is 0 Å². The van der Waals surface area contributed by atoms with Gasteiger partial charge >= 0.3 is 6.03 Å². The van der Waals surface area contributed by atoms with Crippen LogP contribution in [0.2, 0.25) is 0 Å². The molecule has 2 amide bonds. The summed E-state index contributed by atoms with van der Waals surface area (Å²) in [7, 11) is 0. The van der Waals surface area contributed by atoms with Crippen LogP contribution in [0.1, 0.15) is 54.2 Å². The highest BCUT2D eigenvalue weighted by atomic mass is 16.5. The minimum atomic E-state index is 0.00971. The molecule has 0 radical (unpaired) electrons. The summed E-state index contributed by atoms with van der Waals surface area (Å²) in [4.78, 5) is 19.9. The summed E-state index contributed by atoms with van der Waals surface area (Å²) in [6.45, 7) is 2.87. The molecule has 2 aliphatic heterocycles. The molecule has 1 atom stereocenters. The Morgan fingerprint density at radius 1 is 1.10 bits per heavy atom. The Kier molecular flexibility index (Phi) is 5.00. The van der Waals surface area contributed by atoms with Crippen molar-refractivity contribution in [2.45, 2.75) is 51.1 Å². The van der Waals surface area contributed by atoms with Gasteiger partial charge in [-0.1, -0.05) is 36.4 Å². The van der Waals surface area contributed by atoms with Crippen LogP contribution in [0.5, 0.6) is 0 Å². The molecular formula is C24H29N3O2. The van der Waals surface area contributed by atoms with Gasteiger partial charge in [0, 0.05) is 30.9 Å². The predicted octanol–water partition coefficient (Wildman–Crippen LogP) is 4.02. The fourth-order valence-electron chi connectivity index (χ4n) is 5.30. The molecule has 1 N–H and O–H groups in total. The van der Waals surface area contributed by atoms with Gasteiger partial charge in [0.25, 0.3) is 0 Å². The van der Waals surface area contributed by atoms with Gasteiger partial charge in [0.2, 0.25) is 0 Å². The predicted molar refractivity (Wildman–Crippen MR) is 111 cm³/mol. The van der Waals surface area contributed by atoms with E-state index in [1.54, 1.807) is 0 Å². The van der Waals surface area contributed by atoms with E-state index in [1.807, 2.05) is 11.0 Å². The highest BCUT2D eigenvalue weighted by Crippen LogP contribution is 2.54. The van der Waals surface area contributed by atoms with Crippen LogP contribution in [0.25, 0.3) is 0 Å². The number of nitrogens with zero attached hydrogens (tertiary/aromatic N) is 2. The SMILES string of the molecule is O=C(NCc1ccc2c(n1)CCCC2)N1CC2(CCOCC2)C1c1ccccc1. The van der Waals surface area contributed by atoms with E-state index in [9.17, 15) is 4.79 Å². The smallest absolute Gasteiger partial charge is 0.318 e. The fraction of sp³-hybridized carbons (Fsp3) is 0.500. The Labute approximate surface area is 172 Å². The molecule has 3 aliphatic rings. The summed E-state index contributed by atoms with van der Waals surface area (Å²) in [5.41, 5.74) is 4.93. The second-order valence-corrected chi connectivity index (χ2v) is 8.69. The van der Waals surface area contributed by atoms with Crippen LogP contribution in [0.15, 0.2) is 42.5 Å². The monoisotopic (exact) mass is 391 g/mol. The number of benzene rings is 1. The molecule has 1 aromatic carbocycles. The molecule has 1 aromatic heterocycles. The zero-order valence-electron chi connectivity index (χ0n) is 16.9. The average Bonchev–Trinajstić information content (AvgIpc) is 2.77. The second kappa shape index (κ2) is 7.79. The molecule has 5 nitrogen and oxygen atoms in total. The number of likely N-dealkylation sites (tertiary alicyclic amines) is 1. The van der Waals surface area contributed by atoms with Crippen molar-refractivity contribution >= 4 is 6.03 Å². The number of amides is 2. The number of carbonyl (C=O) groups is 1. The molecule has 152 valence electrons. The third kappa shape index (κ3) is 3.52. The van der Waals surface area contributed by atoms with Crippen LogP contribution in [0.3, 0.4) is 0 Å². The maximum Gasteiger partial charge on any atom is 0.318 e. The first-order valence-electron chi connectivity index (χ1n) is 10.9. The van der Waals surface area contributed by atoms with Crippen molar-refractivity contribution in [3.05, 3.63) is 65.0 Å². The van der Waals surface area contributed by atoms with Gasteiger partial charge in [-0.15, -0.1) is 0 Å². The van der Waals surface area contributed by atoms with Crippen molar-refractivity contribution in [3.8, 4) is 0 Å². The fourth-order valence-corrected chi connectivity index (χ4v) is 5.30. The summed E-state index contributed by atoms with van der Waals surface area (Å²) in [5.74, 6) is 0. The zero-order chi connectivity index (χ0) is 19.7. The Morgan fingerprint density at radius 2 is 1.90 bits per heavy atom. The Hall–Kier alpha value is -2.40. The molecule has 0 saturated carbocycles. The number of carbonyl (C=O) groups excluding carboxylic acids is 1. The largest absolute Gasteiger partial charge is 0.381 e. The molecular weight excluding hydrogens is 362 g/mol. The Bertz CT molecular complexity index is 877. The quantitative estimate of drug-likeness (QED) is 0.860. The Balaban J connectivity index is 1.29. The first-order valence-corrected chi connectivity index (χ1v) is 10.9. The number of rotatable bonds is 3. The van der Waals surface area contributed by atoms with E-state index >= 15 is 0 Å².